The maximum Gasteiger partial charge on any atom is 0.239 e. The fourth-order valence-corrected chi connectivity index (χ4v) is 1.85. The zero-order valence-corrected chi connectivity index (χ0v) is 11.9. The van der Waals surface area contributed by atoms with Crippen LogP contribution < -0.4 is 15.8 Å². The van der Waals surface area contributed by atoms with E-state index in [1.165, 1.54) is 12.1 Å². The molecule has 0 amide bonds. The highest BCUT2D eigenvalue weighted by Gasteiger charge is 2.06. The number of aromatic nitrogens is 1. The van der Waals surface area contributed by atoms with E-state index >= 15 is 0 Å². The Bertz CT molecular complexity index is 592. The van der Waals surface area contributed by atoms with Crippen LogP contribution in [0.15, 0.2) is 34.8 Å². The molecule has 0 unspecified atom stereocenters. The molecule has 6 heteroatoms. The van der Waals surface area contributed by atoms with Gasteiger partial charge in [0.05, 0.1) is 18.0 Å². The van der Waals surface area contributed by atoms with Crippen molar-refractivity contribution in [1.82, 2.24) is 4.98 Å². The lowest BCUT2D eigenvalue weighted by molar-refractivity contribution is 0.329. The van der Waals surface area contributed by atoms with Crippen LogP contribution in [0.2, 0.25) is 0 Å². The molecule has 2 aromatic rings. The van der Waals surface area contributed by atoms with Crippen LogP contribution in [-0.2, 0) is 0 Å². The summed E-state index contributed by atoms with van der Waals surface area (Å²) in [5, 5.41) is 3.01. The van der Waals surface area contributed by atoms with Crippen LogP contribution in [0.1, 0.15) is 6.92 Å². The summed E-state index contributed by atoms with van der Waals surface area (Å²) in [7, 11) is 0. The van der Waals surface area contributed by atoms with Crippen molar-refractivity contribution < 1.29 is 9.13 Å². The average molecular weight is 326 g/mol. The van der Waals surface area contributed by atoms with E-state index in [1.807, 2.05) is 6.92 Å². The van der Waals surface area contributed by atoms with E-state index in [0.717, 1.165) is 4.47 Å². The maximum atomic E-state index is 13.2. The number of nitrogens with zero attached hydrogens (tertiary/aromatic N) is 1. The number of rotatable bonds is 4. The smallest absolute Gasteiger partial charge is 0.239 e. The third-order valence-electron chi connectivity index (χ3n) is 2.36. The number of nitrogens with two attached hydrogens (primary N) is 1. The quantitative estimate of drug-likeness (QED) is 0.899. The van der Waals surface area contributed by atoms with Crippen molar-refractivity contribution in [2.75, 3.05) is 17.7 Å². The van der Waals surface area contributed by atoms with Crippen LogP contribution in [0.4, 0.5) is 21.6 Å². The molecule has 0 aliphatic rings. The molecule has 0 saturated carbocycles. The first-order chi connectivity index (χ1) is 9.10. The molecule has 1 aromatic heterocycles. The lowest BCUT2D eigenvalue weighted by Gasteiger charge is -2.11. The molecule has 0 aliphatic carbocycles. The van der Waals surface area contributed by atoms with Gasteiger partial charge in [0.25, 0.3) is 0 Å². The Morgan fingerprint density at radius 3 is 2.89 bits per heavy atom. The number of pyridine rings is 1. The molecule has 0 radical (unpaired) electrons. The summed E-state index contributed by atoms with van der Waals surface area (Å²) < 4.78 is 19.2. The zero-order chi connectivity index (χ0) is 13.8. The minimum absolute atomic E-state index is 0.328. The van der Waals surface area contributed by atoms with E-state index in [9.17, 15) is 4.39 Å². The number of anilines is 3. The van der Waals surface area contributed by atoms with Crippen molar-refractivity contribution in [3.05, 3.63) is 40.6 Å². The van der Waals surface area contributed by atoms with Crippen LogP contribution >= 0.6 is 15.9 Å². The molecular formula is C13H13BrFN3O. The van der Waals surface area contributed by atoms with Gasteiger partial charge in [-0.3, -0.25) is 0 Å². The maximum absolute atomic E-state index is 13.2. The SMILES string of the molecule is CCOc1nc(Nc2cc(F)ccc2Br)ccc1N. The fraction of sp³-hybridized carbons (Fsp3) is 0.154. The molecule has 1 heterocycles. The summed E-state index contributed by atoms with van der Waals surface area (Å²) in [6.45, 7) is 2.33. The van der Waals surface area contributed by atoms with Gasteiger partial charge in [0.15, 0.2) is 0 Å². The van der Waals surface area contributed by atoms with Gasteiger partial charge in [0.1, 0.15) is 11.6 Å². The zero-order valence-electron chi connectivity index (χ0n) is 10.3. The Kier molecular flexibility index (Phi) is 4.21. The van der Waals surface area contributed by atoms with Crippen molar-refractivity contribution in [3.63, 3.8) is 0 Å². The number of halogens is 2. The first-order valence-electron chi connectivity index (χ1n) is 5.71. The summed E-state index contributed by atoms with van der Waals surface area (Å²) in [5.74, 6) is 0.565. The Morgan fingerprint density at radius 2 is 2.16 bits per heavy atom. The number of nitrogens with one attached hydrogen (secondary N) is 1. The van der Waals surface area contributed by atoms with Gasteiger partial charge >= 0.3 is 0 Å². The largest absolute Gasteiger partial charge is 0.476 e. The van der Waals surface area contributed by atoms with Crippen LogP contribution in [0.5, 0.6) is 5.88 Å². The minimum atomic E-state index is -0.328. The predicted octanol–water partition coefficient (Wildman–Crippen LogP) is 3.71. The van der Waals surface area contributed by atoms with Crippen molar-refractivity contribution in [2.24, 2.45) is 0 Å². The molecule has 0 spiro atoms. The second-order valence-corrected chi connectivity index (χ2v) is 4.63. The van der Waals surface area contributed by atoms with Crippen LogP contribution in [0.3, 0.4) is 0 Å². The minimum Gasteiger partial charge on any atom is -0.476 e. The highest BCUT2D eigenvalue weighted by Crippen LogP contribution is 2.28. The van der Waals surface area contributed by atoms with E-state index < -0.39 is 0 Å². The van der Waals surface area contributed by atoms with Crippen molar-refractivity contribution in [2.45, 2.75) is 6.92 Å². The lowest BCUT2D eigenvalue weighted by atomic mass is 10.3. The van der Waals surface area contributed by atoms with Gasteiger partial charge in [-0.1, -0.05) is 0 Å². The normalized spacial score (nSPS) is 10.3. The molecule has 0 bridgehead atoms. The fourth-order valence-electron chi connectivity index (χ4n) is 1.50. The molecule has 3 N–H and O–H groups in total. The predicted molar refractivity (Wildman–Crippen MR) is 77.2 cm³/mol. The summed E-state index contributed by atoms with van der Waals surface area (Å²) in [4.78, 5) is 4.23. The number of ether oxygens (including phenoxy) is 1. The third-order valence-corrected chi connectivity index (χ3v) is 3.05. The molecule has 0 fully saturated rings. The summed E-state index contributed by atoms with van der Waals surface area (Å²) in [6, 6.07) is 7.76. The standard InChI is InChI=1S/C13H13BrFN3O/c1-2-19-13-10(16)5-6-12(18-13)17-11-7-8(15)3-4-9(11)14/h3-7H,2,16H2,1H3,(H,17,18). The van der Waals surface area contributed by atoms with Crippen molar-refractivity contribution >= 4 is 33.1 Å². The van der Waals surface area contributed by atoms with Gasteiger partial charge in [0.2, 0.25) is 5.88 Å². The molecule has 0 saturated heterocycles. The number of hydrogen-bond donors (Lipinski definition) is 2. The molecule has 1 aromatic carbocycles. The van der Waals surface area contributed by atoms with E-state index in [4.69, 9.17) is 10.5 Å². The Labute approximate surface area is 118 Å². The first kappa shape index (κ1) is 13.6. The molecule has 0 aliphatic heterocycles. The van der Waals surface area contributed by atoms with E-state index in [0.29, 0.717) is 29.7 Å². The Hall–Kier alpha value is -1.82. The first-order valence-corrected chi connectivity index (χ1v) is 6.51. The number of hydrogen-bond acceptors (Lipinski definition) is 4. The van der Waals surface area contributed by atoms with Crippen LogP contribution in [-0.4, -0.2) is 11.6 Å². The lowest BCUT2D eigenvalue weighted by Crippen LogP contribution is -2.02. The second kappa shape index (κ2) is 5.88. The van der Waals surface area contributed by atoms with Gasteiger partial charge in [-0.05, 0) is 53.2 Å². The molecule has 0 atom stereocenters. The van der Waals surface area contributed by atoms with Gasteiger partial charge in [-0.15, -0.1) is 0 Å². The topological polar surface area (TPSA) is 60.2 Å². The molecule has 2 rings (SSSR count). The molecular weight excluding hydrogens is 313 g/mol. The van der Waals surface area contributed by atoms with E-state index in [2.05, 4.69) is 26.2 Å². The average Bonchev–Trinajstić information content (AvgIpc) is 2.38. The molecule has 19 heavy (non-hydrogen) atoms. The van der Waals surface area contributed by atoms with Crippen LogP contribution in [0.25, 0.3) is 0 Å². The highest BCUT2D eigenvalue weighted by atomic mass is 79.9. The van der Waals surface area contributed by atoms with Gasteiger partial charge in [-0.25, -0.2) is 4.39 Å². The summed E-state index contributed by atoms with van der Waals surface area (Å²) >= 11 is 3.34. The number of nitrogen functional groups attached to an aromatic ring is 1. The summed E-state index contributed by atoms with van der Waals surface area (Å²) in [5.41, 5.74) is 6.79. The second-order valence-electron chi connectivity index (χ2n) is 3.77. The molecule has 4 nitrogen and oxygen atoms in total. The van der Waals surface area contributed by atoms with Crippen molar-refractivity contribution in [1.29, 1.82) is 0 Å². The van der Waals surface area contributed by atoms with Gasteiger partial charge in [0, 0.05) is 4.47 Å². The highest BCUT2D eigenvalue weighted by molar-refractivity contribution is 9.10. The monoisotopic (exact) mass is 325 g/mol. The van der Waals surface area contributed by atoms with Gasteiger partial charge in [-0.2, -0.15) is 4.98 Å². The Morgan fingerprint density at radius 1 is 1.37 bits per heavy atom. The third kappa shape index (κ3) is 3.35. The van der Waals surface area contributed by atoms with Gasteiger partial charge < -0.3 is 15.8 Å². The number of benzene rings is 1. The van der Waals surface area contributed by atoms with Crippen LogP contribution in [0, 0.1) is 5.82 Å². The molecule has 100 valence electrons. The van der Waals surface area contributed by atoms with Crippen molar-refractivity contribution in [3.8, 4) is 5.88 Å². The van der Waals surface area contributed by atoms with E-state index in [1.54, 1.807) is 18.2 Å². The summed E-state index contributed by atoms with van der Waals surface area (Å²) in [6.07, 6.45) is 0. The van der Waals surface area contributed by atoms with E-state index in [-0.39, 0.29) is 5.82 Å². The Balaban J connectivity index is 2.28.